The molecule has 2 rings (SSSR count). The zero-order valence-electron chi connectivity index (χ0n) is 14.1. The number of benzene rings is 1. The number of likely N-dealkylation sites (tertiary alicyclic amines) is 1. The predicted molar refractivity (Wildman–Crippen MR) is 91.6 cm³/mol. The summed E-state index contributed by atoms with van der Waals surface area (Å²) in [7, 11) is 0. The van der Waals surface area contributed by atoms with Crippen LogP contribution in [0.4, 0.5) is 0 Å². The van der Waals surface area contributed by atoms with Gasteiger partial charge in [-0.1, -0.05) is 51.5 Å². The summed E-state index contributed by atoms with van der Waals surface area (Å²) < 4.78 is 0. The van der Waals surface area contributed by atoms with E-state index >= 15 is 0 Å². The molecule has 2 nitrogen and oxygen atoms in total. The van der Waals surface area contributed by atoms with Crippen LogP contribution >= 0.6 is 0 Å². The van der Waals surface area contributed by atoms with E-state index < -0.39 is 0 Å². The minimum absolute atomic E-state index is 0.573. The van der Waals surface area contributed by atoms with Crippen molar-refractivity contribution in [3.63, 3.8) is 0 Å². The highest BCUT2D eigenvalue weighted by atomic mass is 15.2. The lowest BCUT2D eigenvalue weighted by Gasteiger charge is -2.35. The lowest BCUT2D eigenvalue weighted by molar-refractivity contribution is 0.136. The quantitative estimate of drug-likeness (QED) is 0.816. The van der Waals surface area contributed by atoms with E-state index in [0.717, 1.165) is 25.6 Å². The van der Waals surface area contributed by atoms with Gasteiger partial charge in [0.05, 0.1) is 0 Å². The normalized spacial score (nSPS) is 20.1. The molecule has 1 aromatic carbocycles. The van der Waals surface area contributed by atoms with Crippen LogP contribution in [0.15, 0.2) is 24.3 Å². The predicted octanol–water partition coefficient (Wildman–Crippen LogP) is 3.99. The first kappa shape index (κ1) is 16.5. The molecule has 1 aliphatic heterocycles. The van der Waals surface area contributed by atoms with Gasteiger partial charge < -0.3 is 5.32 Å². The van der Waals surface area contributed by atoms with E-state index in [1.807, 2.05) is 0 Å². The first-order chi connectivity index (χ1) is 10.2. The Hall–Kier alpha value is -0.860. The molecule has 0 aliphatic carbocycles. The highest BCUT2D eigenvalue weighted by molar-refractivity contribution is 5.27. The molecular weight excluding hydrogens is 256 g/mol. The van der Waals surface area contributed by atoms with E-state index in [1.165, 1.54) is 43.4 Å². The fraction of sp³-hybridized carbons (Fsp3) is 0.684. The molecule has 1 heterocycles. The van der Waals surface area contributed by atoms with Gasteiger partial charge in [0, 0.05) is 18.6 Å². The van der Waals surface area contributed by atoms with Crippen LogP contribution in [-0.4, -0.2) is 30.1 Å². The second-order valence-electron chi connectivity index (χ2n) is 6.66. The summed E-state index contributed by atoms with van der Waals surface area (Å²) in [4.78, 5) is 2.71. The zero-order valence-corrected chi connectivity index (χ0v) is 14.1. The Morgan fingerprint density at radius 3 is 2.67 bits per heavy atom. The Labute approximate surface area is 130 Å². The molecule has 1 aromatic rings. The summed E-state index contributed by atoms with van der Waals surface area (Å²) in [6, 6.07) is 10.4. The standard InChI is InChI=1S/C19H32N2/c1-4-19-11-7-8-14-21(19)15-18-10-6-5-9-17(18)12-13-20-16(2)3/h5-6,9-10,16,19-20H,4,7-8,11-15H2,1-3H3. The number of hydrogen-bond acceptors (Lipinski definition) is 2. The van der Waals surface area contributed by atoms with Crippen LogP contribution < -0.4 is 5.32 Å². The van der Waals surface area contributed by atoms with Crippen molar-refractivity contribution in [3.05, 3.63) is 35.4 Å². The number of piperidine rings is 1. The summed E-state index contributed by atoms with van der Waals surface area (Å²) in [5.74, 6) is 0. The molecule has 2 heteroatoms. The molecular formula is C19H32N2. The minimum Gasteiger partial charge on any atom is -0.314 e. The monoisotopic (exact) mass is 288 g/mol. The van der Waals surface area contributed by atoms with Crippen LogP contribution in [0.2, 0.25) is 0 Å². The van der Waals surface area contributed by atoms with E-state index in [-0.39, 0.29) is 0 Å². The molecule has 0 saturated carbocycles. The molecule has 0 aromatic heterocycles. The first-order valence-electron chi connectivity index (χ1n) is 8.75. The SMILES string of the molecule is CCC1CCCCN1Cc1ccccc1CCNC(C)C. The average Bonchev–Trinajstić information content (AvgIpc) is 2.49. The van der Waals surface area contributed by atoms with Crippen molar-refractivity contribution in [2.75, 3.05) is 13.1 Å². The van der Waals surface area contributed by atoms with E-state index in [0.29, 0.717) is 6.04 Å². The highest BCUT2D eigenvalue weighted by Crippen LogP contribution is 2.23. The topological polar surface area (TPSA) is 15.3 Å². The zero-order chi connectivity index (χ0) is 15.1. The van der Waals surface area contributed by atoms with Crippen molar-refractivity contribution in [3.8, 4) is 0 Å². The highest BCUT2D eigenvalue weighted by Gasteiger charge is 2.21. The van der Waals surface area contributed by atoms with Gasteiger partial charge in [-0.15, -0.1) is 0 Å². The van der Waals surface area contributed by atoms with Crippen molar-refractivity contribution < 1.29 is 0 Å². The first-order valence-corrected chi connectivity index (χ1v) is 8.75. The molecule has 118 valence electrons. The van der Waals surface area contributed by atoms with Gasteiger partial charge in [-0.3, -0.25) is 4.90 Å². The van der Waals surface area contributed by atoms with Crippen LogP contribution in [0, 0.1) is 0 Å². The smallest absolute Gasteiger partial charge is 0.0239 e. The lowest BCUT2D eigenvalue weighted by Crippen LogP contribution is -2.38. The molecule has 1 N–H and O–H groups in total. The van der Waals surface area contributed by atoms with Crippen LogP contribution in [-0.2, 0) is 13.0 Å². The van der Waals surface area contributed by atoms with Gasteiger partial charge in [0.15, 0.2) is 0 Å². The maximum absolute atomic E-state index is 3.53. The van der Waals surface area contributed by atoms with Crippen molar-refractivity contribution in [1.82, 2.24) is 10.2 Å². The Balaban J connectivity index is 1.98. The van der Waals surface area contributed by atoms with E-state index in [9.17, 15) is 0 Å². The van der Waals surface area contributed by atoms with Crippen molar-refractivity contribution in [2.24, 2.45) is 0 Å². The van der Waals surface area contributed by atoms with Gasteiger partial charge >= 0.3 is 0 Å². The van der Waals surface area contributed by atoms with Gasteiger partial charge in [0.25, 0.3) is 0 Å². The van der Waals surface area contributed by atoms with Crippen LogP contribution in [0.25, 0.3) is 0 Å². The maximum Gasteiger partial charge on any atom is 0.0239 e. The summed E-state index contributed by atoms with van der Waals surface area (Å²) in [5, 5.41) is 3.53. The molecule has 1 aliphatic rings. The molecule has 0 bridgehead atoms. The number of nitrogens with one attached hydrogen (secondary N) is 1. The summed E-state index contributed by atoms with van der Waals surface area (Å²) >= 11 is 0. The van der Waals surface area contributed by atoms with Crippen LogP contribution in [0.3, 0.4) is 0 Å². The number of hydrogen-bond donors (Lipinski definition) is 1. The Kier molecular flexibility index (Phi) is 6.72. The van der Waals surface area contributed by atoms with Gasteiger partial charge in [0.1, 0.15) is 0 Å². The summed E-state index contributed by atoms with van der Waals surface area (Å²) in [6.07, 6.45) is 6.59. The van der Waals surface area contributed by atoms with Gasteiger partial charge in [-0.2, -0.15) is 0 Å². The van der Waals surface area contributed by atoms with Gasteiger partial charge in [-0.25, -0.2) is 0 Å². The number of nitrogens with zero attached hydrogens (tertiary/aromatic N) is 1. The van der Waals surface area contributed by atoms with Crippen LogP contribution in [0.1, 0.15) is 57.6 Å². The minimum atomic E-state index is 0.573. The lowest BCUT2D eigenvalue weighted by atomic mass is 9.97. The molecule has 1 atom stereocenters. The third-order valence-corrected chi connectivity index (χ3v) is 4.66. The maximum atomic E-state index is 3.53. The molecule has 1 unspecified atom stereocenters. The second-order valence-corrected chi connectivity index (χ2v) is 6.66. The van der Waals surface area contributed by atoms with Crippen molar-refractivity contribution in [1.29, 1.82) is 0 Å². The molecule has 1 saturated heterocycles. The Morgan fingerprint density at radius 2 is 1.95 bits per heavy atom. The number of rotatable bonds is 7. The van der Waals surface area contributed by atoms with Gasteiger partial charge in [-0.05, 0) is 49.9 Å². The molecule has 21 heavy (non-hydrogen) atoms. The van der Waals surface area contributed by atoms with E-state index in [1.54, 1.807) is 0 Å². The van der Waals surface area contributed by atoms with Gasteiger partial charge in [0.2, 0.25) is 0 Å². The average molecular weight is 288 g/mol. The van der Waals surface area contributed by atoms with E-state index in [2.05, 4.69) is 55.3 Å². The third-order valence-electron chi connectivity index (χ3n) is 4.66. The van der Waals surface area contributed by atoms with Crippen molar-refractivity contribution >= 4 is 0 Å². The molecule has 0 radical (unpaired) electrons. The Morgan fingerprint density at radius 1 is 1.19 bits per heavy atom. The molecule has 0 spiro atoms. The molecule has 1 fully saturated rings. The fourth-order valence-corrected chi connectivity index (χ4v) is 3.40. The van der Waals surface area contributed by atoms with E-state index in [4.69, 9.17) is 0 Å². The molecule has 0 amide bonds. The van der Waals surface area contributed by atoms with Crippen molar-refractivity contribution in [2.45, 2.75) is 71.5 Å². The van der Waals surface area contributed by atoms with Crippen LogP contribution in [0.5, 0.6) is 0 Å². The fourth-order valence-electron chi connectivity index (χ4n) is 3.40. The summed E-state index contributed by atoms with van der Waals surface area (Å²) in [5.41, 5.74) is 3.05. The third kappa shape index (κ3) is 5.12. The Bertz CT molecular complexity index is 414. The largest absolute Gasteiger partial charge is 0.314 e. The summed E-state index contributed by atoms with van der Waals surface area (Å²) in [6.45, 7) is 10.2. The second kappa shape index (κ2) is 8.55.